The number of aromatic nitrogens is 2. The van der Waals surface area contributed by atoms with Gasteiger partial charge in [0.15, 0.2) is 5.96 Å². The van der Waals surface area contributed by atoms with Crippen LogP contribution in [0.1, 0.15) is 32.9 Å². The Morgan fingerprint density at radius 1 is 1.03 bits per heavy atom. The molecule has 2 aromatic carbocycles. The maximum absolute atomic E-state index is 13.6. The standard InChI is InChI=1S/C24H29FN6O/c1-16-9-10-19(14-21(16)25)23(32)27-11-12-28-24(26-4)29-15-20-7-5-6-8-22(20)31-18(3)13-17(2)30-31/h5-10,13-14H,11-12,15H2,1-4H3,(H,27,32)(H2,26,28,29). The average molecular weight is 437 g/mol. The van der Waals surface area contributed by atoms with Gasteiger partial charge in [-0.25, -0.2) is 9.07 Å². The molecule has 1 amide bonds. The van der Waals surface area contributed by atoms with Gasteiger partial charge in [-0.1, -0.05) is 24.3 Å². The number of amides is 1. The van der Waals surface area contributed by atoms with Crippen molar-refractivity contribution in [3.05, 3.63) is 82.4 Å². The maximum Gasteiger partial charge on any atom is 0.251 e. The molecular formula is C24H29FN6O. The Labute approximate surface area is 187 Å². The lowest BCUT2D eigenvalue weighted by Gasteiger charge is -2.15. The Balaban J connectivity index is 1.51. The largest absolute Gasteiger partial charge is 0.355 e. The third-order valence-corrected chi connectivity index (χ3v) is 5.04. The third kappa shape index (κ3) is 5.72. The Bertz CT molecular complexity index is 1120. The van der Waals surface area contributed by atoms with E-state index in [0.717, 1.165) is 22.6 Å². The fourth-order valence-electron chi connectivity index (χ4n) is 3.33. The molecule has 0 unspecified atom stereocenters. The number of para-hydroxylation sites is 1. The van der Waals surface area contributed by atoms with Crippen molar-refractivity contribution in [1.82, 2.24) is 25.7 Å². The SMILES string of the molecule is CN=C(NCCNC(=O)c1ccc(C)c(F)c1)NCc1ccccc1-n1nc(C)cc1C. The summed E-state index contributed by atoms with van der Waals surface area (Å²) in [5, 5.41) is 13.8. The first kappa shape index (κ1) is 23.0. The van der Waals surface area contributed by atoms with Gasteiger partial charge in [-0.2, -0.15) is 5.10 Å². The third-order valence-electron chi connectivity index (χ3n) is 5.04. The zero-order valence-corrected chi connectivity index (χ0v) is 18.9. The number of aliphatic imine (C=N–C) groups is 1. The van der Waals surface area contributed by atoms with Crippen LogP contribution in [-0.2, 0) is 6.54 Å². The van der Waals surface area contributed by atoms with Crippen molar-refractivity contribution in [3.63, 3.8) is 0 Å². The van der Waals surface area contributed by atoms with Crippen molar-refractivity contribution in [2.24, 2.45) is 4.99 Å². The average Bonchev–Trinajstić information content (AvgIpc) is 3.12. The number of guanidine groups is 1. The molecule has 0 radical (unpaired) electrons. The minimum absolute atomic E-state index is 0.302. The molecule has 0 aliphatic rings. The molecule has 8 heteroatoms. The Morgan fingerprint density at radius 2 is 1.78 bits per heavy atom. The smallest absolute Gasteiger partial charge is 0.251 e. The van der Waals surface area contributed by atoms with Crippen LogP contribution in [0.2, 0.25) is 0 Å². The number of rotatable bonds is 7. The summed E-state index contributed by atoms with van der Waals surface area (Å²) in [5.41, 5.74) is 4.95. The predicted octanol–water partition coefficient (Wildman–Crippen LogP) is 3.03. The molecule has 0 atom stereocenters. The van der Waals surface area contributed by atoms with Gasteiger partial charge >= 0.3 is 0 Å². The molecule has 3 aromatic rings. The molecule has 3 N–H and O–H groups in total. The lowest BCUT2D eigenvalue weighted by atomic mass is 10.1. The quantitative estimate of drug-likeness (QED) is 0.302. The van der Waals surface area contributed by atoms with E-state index < -0.39 is 0 Å². The molecule has 3 rings (SSSR count). The van der Waals surface area contributed by atoms with Crippen molar-refractivity contribution in [1.29, 1.82) is 0 Å². The number of nitrogens with one attached hydrogen (secondary N) is 3. The topological polar surface area (TPSA) is 83.3 Å². The molecule has 0 aliphatic carbocycles. The highest BCUT2D eigenvalue weighted by molar-refractivity contribution is 5.94. The first-order chi connectivity index (χ1) is 15.4. The number of halogens is 1. The molecule has 0 aliphatic heterocycles. The Kier molecular flexibility index (Phi) is 7.59. The number of benzene rings is 2. The second kappa shape index (κ2) is 10.6. The van der Waals surface area contributed by atoms with Gasteiger partial charge in [-0.15, -0.1) is 0 Å². The van der Waals surface area contributed by atoms with Crippen LogP contribution < -0.4 is 16.0 Å². The number of carbonyl (C=O) groups excluding carboxylic acids is 1. The van der Waals surface area contributed by atoms with E-state index in [9.17, 15) is 9.18 Å². The maximum atomic E-state index is 13.6. The first-order valence-corrected chi connectivity index (χ1v) is 10.5. The zero-order valence-electron chi connectivity index (χ0n) is 18.9. The summed E-state index contributed by atoms with van der Waals surface area (Å²) in [4.78, 5) is 16.4. The minimum Gasteiger partial charge on any atom is -0.355 e. The summed E-state index contributed by atoms with van der Waals surface area (Å²) in [6.45, 7) is 7.07. The zero-order chi connectivity index (χ0) is 23.1. The molecule has 0 saturated carbocycles. The van der Waals surface area contributed by atoms with Crippen LogP contribution in [0.25, 0.3) is 5.69 Å². The summed E-state index contributed by atoms with van der Waals surface area (Å²) in [5.74, 6) is -0.0858. The van der Waals surface area contributed by atoms with Gasteiger partial charge in [0.1, 0.15) is 5.82 Å². The van der Waals surface area contributed by atoms with Gasteiger partial charge in [0, 0.05) is 37.9 Å². The molecule has 0 fully saturated rings. The first-order valence-electron chi connectivity index (χ1n) is 10.5. The lowest BCUT2D eigenvalue weighted by Crippen LogP contribution is -2.41. The van der Waals surface area contributed by atoms with Crippen molar-refractivity contribution in [3.8, 4) is 5.69 Å². The normalized spacial score (nSPS) is 11.3. The highest BCUT2D eigenvalue weighted by atomic mass is 19.1. The lowest BCUT2D eigenvalue weighted by molar-refractivity contribution is 0.0954. The molecule has 32 heavy (non-hydrogen) atoms. The molecule has 1 aromatic heterocycles. The van der Waals surface area contributed by atoms with E-state index in [4.69, 9.17) is 0 Å². The number of aryl methyl sites for hydroxylation is 3. The molecule has 7 nitrogen and oxygen atoms in total. The molecule has 0 bridgehead atoms. The Hall–Kier alpha value is -3.68. The molecular weight excluding hydrogens is 407 g/mol. The van der Waals surface area contributed by atoms with E-state index in [1.54, 1.807) is 26.1 Å². The van der Waals surface area contributed by atoms with Crippen LogP contribution in [0.15, 0.2) is 53.5 Å². The van der Waals surface area contributed by atoms with Crippen molar-refractivity contribution in [2.45, 2.75) is 27.3 Å². The van der Waals surface area contributed by atoms with Crippen LogP contribution in [-0.4, -0.2) is 41.8 Å². The predicted molar refractivity (Wildman–Crippen MR) is 125 cm³/mol. The van der Waals surface area contributed by atoms with Crippen LogP contribution in [0.3, 0.4) is 0 Å². The van der Waals surface area contributed by atoms with Crippen LogP contribution in [0, 0.1) is 26.6 Å². The van der Waals surface area contributed by atoms with E-state index >= 15 is 0 Å². The van der Waals surface area contributed by atoms with Crippen LogP contribution in [0.5, 0.6) is 0 Å². The summed E-state index contributed by atoms with van der Waals surface area (Å²) < 4.78 is 15.6. The number of hydrogen-bond acceptors (Lipinski definition) is 3. The van der Waals surface area contributed by atoms with Crippen LogP contribution >= 0.6 is 0 Å². The van der Waals surface area contributed by atoms with E-state index in [-0.39, 0.29) is 11.7 Å². The molecule has 0 saturated heterocycles. The van der Waals surface area contributed by atoms with Crippen molar-refractivity contribution < 1.29 is 9.18 Å². The summed E-state index contributed by atoms with van der Waals surface area (Å²) in [6, 6.07) is 14.6. The number of hydrogen-bond donors (Lipinski definition) is 3. The number of carbonyl (C=O) groups is 1. The second-order valence-corrected chi connectivity index (χ2v) is 7.54. The molecule has 168 valence electrons. The van der Waals surface area contributed by atoms with Gasteiger partial charge in [0.2, 0.25) is 0 Å². The van der Waals surface area contributed by atoms with Gasteiger partial charge in [-0.3, -0.25) is 9.79 Å². The van der Waals surface area contributed by atoms with Crippen molar-refractivity contribution >= 4 is 11.9 Å². The fourth-order valence-corrected chi connectivity index (χ4v) is 3.33. The van der Waals surface area contributed by atoms with Gasteiger partial charge < -0.3 is 16.0 Å². The van der Waals surface area contributed by atoms with E-state index in [1.807, 2.05) is 48.9 Å². The van der Waals surface area contributed by atoms with Gasteiger partial charge in [-0.05, 0) is 56.2 Å². The summed E-state index contributed by atoms with van der Waals surface area (Å²) in [7, 11) is 1.69. The van der Waals surface area contributed by atoms with E-state index in [0.29, 0.717) is 36.7 Å². The monoisotopic (exact) mass is 436 g/mol. The second-order valence-electron chi connectivity index (χ2n) is 7.54. The van der Waals surface area contributed by atoms with E-state index in [2.05, 4.69) is 26.0 Å². The van der Waals surface area contributed by atoms with Crippen LogP contribution in [0.4, 0.5) is 4.39 Å². The highest BCUT2D eigenvalue weighted by Crippen LogP contribution is 2.16. The summed E-state index contributed by atoms with van der Waals surface area (Å²) >= 11 is 0. The Morgan fingerprint density at radius 3 is 2.47 bits per heavy atom. The van der Waals surface area contributed by atoms with Crippen molar-refractivity contribution in [2.75, 3.05) is 20.1 Å². The van der Waals surface area contributed by atoms with E-state index in [1.165, 1.54) is 6.07 Å². The molecule has 1 heterocycles. The number of nitrogens with zero attached hydrogens (tertiary/aromatic N) is 3. The molecule has 0 spiro atoms. The van der Waals surface area contributed by atoms with Gasteiger partial charge in [0.25, 0.3) is 5.91 Å². The van der Waals surface area contributed by atoms with Gasteiger partial charge in [0.05, 0.1) is 11.4 Å². The highest BCUT2D eigenvalue weighted by Gasteiger charge is 2.10. The fraction of sp³-hybridized carbons (Fsp3) is 0.292. The summed E-state index contributed by atoms with van der Waals surface area (Å²) in [6.07, 6.45) is 0. The minimum atomic E-state index is -0.388.